The molecule has 0 unspecified atom stereocenters. The minimum Gasteiger partial charge on any atom is -0.324 e. The van der Waals surface area contributed by atoms with E-state index in [-0.39, 0.29) is 22.8 Å². The molecule has 8 nitrogen and oxygen atoms in total. The molecule has 1 heterocycles. The van der Waals surface area contributed by atoms with Gasteiger partial charge in [0.05, 0.1) is 16.6 Å². The number of fused-ring (bicyclic) bond motifs is 1. The minimum absolute atomic E-state index is 0.0818. The monoisotopic (exact) mass is 414 g/mol. The molecule has 0 aliphatic heterocycles. The van der Waals surface area contributed by atoms with Gasteiger partial charge in [0.15, 0.2) is 0 Å². The van der Waals surface area contributed by atoms with Crippen molar-refractivity contribution in [2.45, 2.75) is 31.2 Å². The van der Waals surface area contributed by atoms with Gasteiger partial charge in [0.2, 0.25) is 21.4 Å². The van der Waals surface area contributed by atoms with E-state index in [1.54, 1.807) is 36.4 Å². The summed E-state index contributed by atoms with van der Waals surface area (Å²) in [4.78, 5) is 24.4. The van der Waals surface area contributed by atoms with Crippen molar-refractivity contribution in [2.24, 2.45) is 0 Å². The summed E-state index contributed by atoms with van der Waals surface area (Å²) in [7, 11) is -3.64. The summed E-state index contributed by atoms with van der Waals surface area (Å²) in [6.45, 7) is 2.22. The number of aromatic nitrogens is 2. The molecule has 152 valence electrons. The molecule has 0 spiro atoms. The van der Waals surface area contributed by atoms with Crippen LogP contribution in [-0.2, 0) is 21.4 Å². The SMILES string of the molecule is CCCCNS(=O)(=O)c1cccc(NC(=O)Cn2ncc(=O)c3ccccc32)c1. The lowest BCUT2D eigenvalue weighted by molar-refractivity contribution is -0.116. The van der Waals surface area contributed by atoms with Gasteiger partial charge in [0.1, 0.15) is 6.54 Å². The van der Waals surface area contributed by atoms with Gasteiger partial charge in [-0.2, -0.15) is 5.10 Å². The summed E-state index contributed by atoms with van der Waals surface area (Å²) in [6.07, 6.45) is 2.80. The van der Waals surface area contributed by atoms with Crippen LogP contribution in [-0.4, -0.2) is 30.7 Å². The molecule has 0 saturated carbocycles. The Morgan fingerprint density at radius 1 is 1.14 bits per heavy atom. The van der Waals surface area contributed by atoms with E-state index in [0.29, 0.717) is 23.1 Å². The molecule has 1 amide bonds. The van der Waals surface area contributed by atoms with E-state index in [1.165, 1.54) is 23.0 Å². The predicted octanol–water partition coefficient (Wildman–Crippen LogP) is 2.11. The molecule has 3 rings (SSSR count). The topological polar surface area (TPSA) is 110 Å². The summed E-state index contributed by atoms with van der Waals surface area (Å²) < 4.78 is 28.7. The number of nitrogens with zero attached hydrogens (tertiary/aromatic N) is 2. The highest BCUT2D eigenvalue weighted by Crippen LogP contribution is 2.16. The highest BCUT2D eigenvalue weighted by Gasteiger charge is 2.15. The van der Waals surface area contributed by atoms with E-state index >= 15 is 0 Å². The third kappa shape index (κ3) is 5.07. The second-order valence-corrected chi connectivity index (χ2v) is 8.28. The van der Waals surface area contributed by atoms with Crippen LogP contribution in [0.1, 0.15) is 19.8 Å². The van der Waals surface area contributed by atoms with Crippen LogP contribution in [0, 0.1) is 0 Å². The van der Waals surface area contributed by atoms with Crippen LogP contribution in [0.25, 0.3) is 10.9 Å². The Kier molecular flexibility index (Phi) is 6.40. The van der Waals surface area contributed by atoms with Crippen molar-refractivity contribution in [2.75, 3.05) is 11.9 Å². The number of amides is 1. The lowest BCUT2D eigenvalue weighted by atomic mass is 10.2. The maximum atomic E-state index is 12.5. The van der Waals surface area contributed by atoms with E-state index in [2.05, 4.69) is 15.1 Å². The van der Waals surface area contributed by atoms with E-state index in [9.17, 15) is 18.0 Å². The van der Waals surface area contributed by atoms with Crippen molar-refractivity contribution in [3.8, 4) is 0 Å². The first-order valence-corrected chi connectivity index (χ1v) is 10.7. The number of unbranched alkanes of at least 4 members (excludes halogenated alkanes) is 1. The number of para-hydroxylation sites is 1. The Hall–Kier alpha value is -3.04. The highest BCUT2D eigenvalue weighted by atomic mass is 32.2. The van der Waals surface area contributed by atoms with E-state index in [0.717, 1.165) is 12.8 Å². The first-order chi connectivity index (χ1) is 13.9. The van der Waals surface area contributed by atoms with Gasteiger partial charge in [0.25, 0.3) is 0 Å². The standard InChI is InChI=1S/C20H22N4O4S/c1-2-3-11-22-29(27,28)16-8-6-7-15(12-16)23-20(26)14-24-18-10-5-4-9-17(18)19(25)13-21-24/h4-10,12-13,22H,2-3,11,14H2,1H3,(H,23,26). The van der Waals surface area contributed by atoms with Gasteiger partial charge >= 0.3 is 0 Å². The molecule has 0 atom stereocenters. The first kappa shape index (κ1) is 20.7. The first-order valence-electron chi connectivity index (χ1n) is 9.25. The fraction of sp³-hybridized carbons (Fsp3) is 0.250. The number of rotatable bonds is 8. The summed E-state index contributed by atoms with van der Waals surface area (Å²) in [5, 5.41) is 7.18. The summed E-state index contributed by atoms with van der Waals surface area (Å²) >= 11 is 0. The van der Waals surface area contributed by atoms with Crippen molar-refractivity contribution in [1.29, 1.82) is 0 Å². The van der Waals surface area contributed by atoms with Gasteiger partial charge in [-0.05, 0) is 36.8 Å². The van der Waals surface area contributed by atoms with Crippen molar-refractivity contribution >= 4 is 32.5 Å². The Morgan fingerprint density at radius 2 is 1.93 bits per heavy atom. The minimum atomic E-state index is -3.64. The zero-order valence-corrected chi connectivity index (χ0v) is 16.8. The fourth-order valence-corrected chi connectivity index (χ4v) is 3.95. The second-order valence-electron chi connectivity index (χ2n) is 6.51. The number of hydrogen-bond acceptors (Lipinski definition) is 5. The average molecular weight is 414 g/mol. The number of benzene rings is 2. The van der Waals surface area contributed by atoms with Crippen molar-refractivity contribution < 1.29 is 13.2 Å². The molecular weight excluding hydrogens is 392 g/mol. The number of nitrogens with one attached hydrogen (secondary N) is 2. The van der Waals surface area contributed by atoms with Crippen LogP contribution < -0.4 is 15.5 Å². The Labute approximate surface area is 168 Å². The van der Waals surface area contributed by atoms with Crippen molar-refractivity contribution in [3.05, 3.63) is 65.0 Å². The third-order valence-electron chi connectivity index (χ3n) is 4.31. The van der Waals surface area contributed by atoms with Crippen molar-refractivity contribution in [3.63, 3.8) is 0 Å². The number of carbonyl (C=O) groups is 1. The van der Waals surface area contributed by atoms with E-state index < -0.39 is 10.0 Å². The second kappa shape index (κ2) is 8.97. The van der Waals surface area contributed by atoms with Crippen LogP contribution >= 0.6 is 0 Å². The van der Waals surface area contributed by atoms with Gasteiger partial charge in [-0.25, -0.2) is 13.1 Å². The van der Waals surface area contributed by atoms with Gasteiger partial charge in [-0.3, -0.25) is 14.3 Å². The molecule has 3 aromatic rings. The third-order valence-corrected chi connectivity index (χ3v) is 5.76. The zero-order chi connectivity index (χ0) is 20.9. The molecule has 0 radical (unpaired) electrons. The lowest BCUT2D eigenvalue weighted by Crippen LogP contribution is -2.25. The molecule has 2 N–H and O–H groups in total. The van der Waals surface area contributed by atoms with Gasteiger partial charge in [-0.15, -0.1) is 0 Å². The fourth-order valence-electron chi connectivity index (χ4n) is 2.83. The van der Waals surface area contributed by atoms with Crippen LogP contribution in [0.2, 0.25) is 0 Å². The maximum Gasteiger partial charge on any atom is 0.246 e. The number of hydrogen-bond donors (Lipinski definition) is 2. The van der Waals surface area contributed by atoms with Crippen LogP contribution in [0.15, 0.2) is 64.4 Å². The molecule has 1 aromatic heterocycles. The maximum absolute atomic E-state index is 12.5. The van der Waals surface area contributed by atoms with E-state index in [1.807, 2.05) is 6.92 Å². The van der Waals surface area contributed by atoms with E-state index in [4.69, 9.17) is 0 Å². The Balaban J connectivity index is 1.75. The van der Waals surface area contributed by atoms with Gasteiger partial charge in [0, 0.05) is 17.6 Å². The molecule has 0 bridgehead atoms. The molecule has 9 heteroatoms. The summed E-state index contributed by atoms with van der Waals surface area (Å²) in [5.74, 6) is -0.389. The highest BCUT2D eigenvalue weighted by molar-refractivity contribution is 7.89. The molecule has 0 fully saturated rings. The molecule has 0 saturated heterocycles. The molecule has 29 heavy (non-hydrogen) atoms. The Bertz CT molecular complexity index is 1190. The van der Waals surface area contributed by atoms with Gasteiger partial charge in [-0.1, -0.05) is 31.5 Å². The average Bonchev–Trinajstić information content (AvgIpc) is 2.71. The van der Waals surface area contributed by atoms with Gasteiger partial charge < -0.3 is 5.32 Å². The molecule has 0 aliphatic rings. The quantitative estimate of drug-likeness (QED) is 0.549. The lowest BCUT2D eigenvalue weighted by Gasteiger charge is -2.11. The molecule has 0 aliphatic carbocycles. The number of carbonyl (C=O) groups excluding carboxylic acids is 1. The largest absolute Gasteiger partial charge is 0.324 e. The molecule has 2 aromatic carbocycles. The van der Waals surface area contributed by atoms with Crippen LogP contribution in [0.4, 0.5) is 5.69 Å². The Morgan fingerprint density at radius 3 is 2.72 bits per heavy atom. The normalized spacial score (nSPS) is 11.5. The summed E-state index contributed by atoms with van der Waals surface area (Å²) in [5.41, 5.74) is 0.691. The summed E-state index contributed by atoms with van der Waals surface area (Å²) in [6, 6.07) is 13.0. The number of sulfonamides is 1. The van der Waals surface area contributed by atoms with Crippen LogP contribution in [0.3, 0.4) is 0 Å². The smallest absolute Gasteiger partial charge is 0.246 e. The predicted molar refractivity (Wildman–Crippen MR) is 111 cm³/mol. The van der Waals surface area contributed by atoms with Crippen LogP contribution in [0.5, 0.6) is 0 Å². The molecular formula is C20H22N4O4S. The van der Waals surface area contributed by atoms with Crippen molar-refractivity contribution in [1.82, 2.24) is 14.5 Å². The zero-order valence-electron chi connectivity index (χ0n) is 16.0. The number of anilines is 1.